The zero-order chi connectivity index (χ0) is 22.9. The number of fused-ring (bicyclic) bond motifs is 1. The first kappa shape index (κ1) is 21.4. The van der Waals surface area contributed by atoms with Crippen molar-refractivity contribution in [3.05, 3.63) is 81.5 Å². The van der Waals surface area contributed by atoms with Crippen molar-refractivity contribution in [1.82, 2.24) is 9.55 Å². The van der Waals surface area contributed by atoms with E-state index in [1.807, 2.05) is 73.8 Å². The summed E-state index contributed by atoms with van der Waals surface area (Å²) in [5, 5.41) is 4.96. The largest absolute Gasteiger partial charge is 0.341 e. The molecule has 0 radical (unpaired) electrons. The Morgan fingerprint density at radius 2 is 1.88 bits per heavy atom. The predicted octanol–water partition coefficient (Wildman–Crippen LogP) is 4.92. The SMILES string of the molecule is Cc1cccc(NC(=O)C2CCCN(c3nc4ccsc4c(=O)n3-c3cccc(C)c3)C2)c1. The summed E-state index contributed by atoms with van der Waals surface area (Å²) in [5.41, 5.74) is 4.42. The Labute approximate surface area is 196 Å². The Morgan fingerprint density at radius 1 is 1.09 bits per heavy atom. The molecule has 168 valence electrons. The number of nitrogens with one attached hydrogen (secondary N) is 1. The Balaban J connectivity index is 1.50. The van der Waals surface area contributed by atoms with E-state index in [1.54, 1.807) is 4.57 Å². The predicted molar refractivity (Wildman–Crippen MR) is 135 cm³/mol. The van der Waals surface area contributed by atoms with E-state index in [1.165, 1.54) is 11.3 Å². The molecule has 1 N–H and O–H groups in total. The van der Waals surface area contributed by atoms with Gasteiger partial charge in [-0.15, -0.1) is 11.3 Å². The van der Waals surface area contributed by atoms with Gasteiger partial charge in [0.1, 0.15) is 4.70 Å². The van der Waals surface area contributed by atoms with Crippen LogP contribution in [0.5, 0.6) is 0 Å². The molecular formula is C26H26N4O2S. The maximum atomic E-state index is 13.5. The van der Waals surface area contributed by atoms with Crippen LogP contribution < -0.4 is 15.8 Å². The second kappa shape index (κ2) is 8.83. The fraction of sp³-hybridized carbons (Fsp3) is 0.269. The van der Waals surface area contributed by atoms with Crippen LogP contribution >= 0.6 is 11.3 Å². The smallest absolute Gasteiger partial charge is 0.277 e. The summed E-state index contributed by atoms with van der Waals surface area (Å²) in [6.45, 7) is 5.29. The molecule has 1 fully saturated rings. The molecule has 1 saturated heterocycles. The third-order valence-electron chi connectivity index (χ3n) is 6.08. The molecule has 4 aromatic rings. The van der Waals surface area contributed by atoms with Crippen molar-refractivity contribution < 1.29 is 4.79 Å². The van der Waals surface area contributed by atoms with Crippen LogP contribution in [0.25, 0.3) is 15.9 Å². The van der Waals surface area contributed by atoms with Gasteiger partial charge in [-0.3, -0.25) is 9.59 Å². The number of anilines is 2. The molecule has 2 aromatic carbocycles. The molecule has 1 amide bonds. The number of carbonyl (C=O) groups excluding carboxylic acids is 1. The molecule has 3 heterocycles. The zero-order valence-electron chi connectivity index (χ0n) is 18.7. The number of aromatic nitrogens is 2. The molecule has 2 aromatic heterocycles. The van der Waals surface area contributed by atoms with Crippen LogP contribution in [-0.4, -0.2) is 28.5 Å². The third kappa shape index (κ3) is 4.28. The first-order valence-corrected chi connectivity index (χ1v) is 12.1. The van der Waals surface area contributed by atoms with Crippen LogP contribution in [0, 0.1) is 19.8 Å². The molecule has 6 nitrogen and oxygen atoms in total. The highest BCUT2D eigenvalue weighted by atomic mass is 32.1. The lowest BCUT2D eigenvalue weighted by molar-refractivity contribution is -0.120. The fourth-order valence-electron chi connectivity index (χ4n) is 4.45. The fourth-order valence-corrected chi connectivity index (χ4v) is 5.21. The van der Waals surface area contributed by atoms with Crippen molar-refractivity contribution in [3.8, 4) is 5.69 Å². The van der Waals surface area contributed by atoms with E-state index in [4.69, 9.17) is 4.98 Å². The van der Waals surface area contributed by atoms with E-state index in [0.717, 1.165) is 41.9 Å². The second-order valence-electron chi connectivity index (χ2n) is 8.67. The standard InChI is InChI=1S/C26H26N4O2S/c1-17-6-3-9-20(14-17)27-24(31)19-8-5-12-29(16-19)26-28-22-11-13-33-23(22)25(32)30(26)21-10-4-7-18(2)15-21/h3-4,6-7,9-11,13-15,19H,5,8,12,16H2,1-2H3,(H,27,31). The molecule has 0 saturated carbocycles. The number of hydrogen-bond donors (Lipinski definition) is 1. The van der Waals surface area contributed by atoms with Gasteiger partial charge in [-0.2, -0.15) is 0 Å². The number of rotatable bonds is 4. The van der Waals surface area contributed by atoms with E-state index < -0.39 is 0 Å². The van der Waals surface area contributed by atoms with Crippen molar-refractivity contribution in [1.29, 1.82) is 0 Å². The summed E-state index contributed by atoms with van der Waals surface area (Å²) in [4.78, 5) is 33.5. The van der Waals surface area contributed by atoms with E-state index in [9.17, 15) is 9.59 Å². The number of thiophene rings is 1. The van der Waals surface area contributed by atoms with Gasteiger partial charge in [0, 0.05) is 18.8 Å². The summed E-state index contributed by atoms with van der Waals surface area (Å²) in [6.07, 6.45) is 1.67. The molecule has 0 spiro atoms. The molecule has 0 aliphatic carbocycles. The number of amides is 1. The van der Waals surface area contributed by atoms with Crippen LogP contribution in [0.1, 0.15) is 24.0 Å². The number of aryl methyl sites for hydroxylation is 2. The molecule has 1 unspecified atom stereocenters. The lowest BCUT2D eigenvalue weighted by Crippen LogP contribution is -2.43. The summed E-state index contributed by atoms with van der Waals surface area (Å²) in [7, 11) is 0. The van der Waals surface area contributed by atoms with Gasteiger partial charge in [-0.25, -0.2) is 9.55 Å². The Hall–Kier alpha value is -3.45. The van der Waals surface area contributed by atoms with Gasteiger partial charge < -0.3 is 10.2 Å². The zero-order valence-corrected chi connectivity index (χ0v) is 19.6. The molecule has 1 atom stereocenters. The monoisotopic (exact) mass is 458 g/mol. The van der Waals surface area contributed by atoms with Crippen molar-refractivity contribution in [2.24, 2.45) is 5.92 Å². The Bertz CT molecular complexity index is 1390. The van der Waals surface area contributed by atoms with Crippen LogP contribution in [0.2, 0.25) is 0 Å². The van der Waals surface area contributed by atoms with Crippen molar-refractivity contribution in [2.45, 2.75) is 26.7 Å². The van der Waals surface area contributed by atoms with Crippen molar-refractivity contribution in [3.63, 3.8) is 0 Å². The summed E-state index contributed by atoms with van der Waals surface area (Å²) in [5.74, 6) is 0.427. The number of benzene rings is 2. The lowest BCUT2D eigenvalue weighted by Gasteiger charge is -2.34. The first-order valence-electron chi connectivity index (χ1n) is 11.2. The minimum Gasteiger partial charge on any atom is -0.341 e. The molecule has 0 bridgehead atoms. The average molecular weight is 459 g/mol. The minimum absolute atomic E-state index is 0.00589. The van der Waals surface area contributed by atoms with E-state index in [-0.39, 0.29) is 17.4 Å². The third-order valence-corrected chi connectivity index (χ3v) is 6.97. The van der Waals surface area contributed by atoms with Gasteiger partial charge in [0.15, 0.2) is 0 Å². The molecule has 1 aliphatic heterocycles. The molecule has 33 heavy (non-hydrogen) atoms. The van der Waals surface area contributed by atoms with Gasteiger partial charge in [0.25, 0.3) is 5.56 Å². The summed E-state index contributed by atoms with van der Waals surface area (Å²) >= 11 is 1.41. The van der Waals surface area contributed by atoms with E-state index in [0.29, 0.717) is 22.7 Å². The van der Waals surface area contributed by atoms with E-state index in [2.05, 4.69) is 10.2 Å². The van der Waals surface area contributed by atoms with Crippen LogP contribution in [-0.2, 0) is 4.79 Å². The molecular weight excluding hydrogens is 432 g/mol. The van der Waals surface area contributed by atoms with Crippen LogP contribution in [0.3, 0.4) is 0 Å². The highest BCUT2D eigenvalue weighted by molar-refractivity contribution is 7.17. The maximum absolute atomic E-state index is 13.5. The topological polar surface area (TPSA) is 67.2 Å². The Morgan fingerprint density at radius 3 is 2.67 bits per heavy atom. The van der Waals surface area contributed by atoms with Gasteiger partial charge in [-0.05, 0) is 73.5 Å². The summed E-state index contributed by atoms with van der Waals surface area (Å²) < 4.78 is 2.35. The van der Waals surface area contributed by atoms with Gasteiger partial charge in [-0.1, -0.05) is 24.3 Å². The maximum Gasteiger partial charge on any atom is 0.277 e. The van der Waals surface area contributed by atoms with Gasteiger partial charge in [0.05, 0.1) is 17.1 Å². The average Bonchev–Trinajstić information content (AvgIpc) is 3.28. The van der Waals surface area contributed by atoms with Crippen LogP contribution in [0.4, 0.5) is 11.6 Å². The molecule has 1 aliphatic rings. The number of carbonyl (C=O) groups is 1. The summed E-state index contributed by atoms with van der Waals surface area (Å²) in [6, 6.07) is 17.6. The highest BCUT2D eigenvalue weighted by Gasteiger charge is 2.29. The Kier molecular flexibility index (Phi) is 5.72. The van der Waals surface area contributed by atoms with Crippen molar-refractivity contribution in [2.75, 3.05) is 23.3 Å². The van der Waals surface area contributed by atoms with Gasteiger partial charge >= 0.3 is 0 Å². The number of hydrogen-bond acceptors (Lipinski definition) is 5. The molecule has 5 rings (SSSR count). The quantitative estimate of drug-likeness (QED) is 0.471. The number of nitrogens with zero attached hydrogens (tertiary/aromatic N) is 3. The minimum atomic E-state index is -0.180. The first-order chi connectivity index (χ1) is 16.0. The van der Waals surface area contributed by atoms with Crippen LogP contribution in [0.15, 0.2) is 64.8 Å². The van der Waals surface area contributed by atoms with E-state index >= 15 is 0 Å². The molecule has 7 heteroatoms. The van der Waals surface area contributed by atoms with Crippen molar-refractivity contribution >= 4 is 39.1 Å². The van der Waals surface area contributed by atoms with Gasteiger partial charge in [0.2, 0.25) is 11.9 Å². The lowest BCUT2D eigenvalue weighted by atomic mass is 9.97. The highest BCUT2D eigenvalue weighted by Crippen LogP contribution is 2.27. The second-order valence-corrected chi connectivity index (χ2v) is 9.59. The normalized spacial score (nSPS) is 16.2. The number of piperidine rings is 1.